The lowest BCUT2D eigenvalue weighted by Gasteiger charge is -2.31. The number of carbonyl (C=O) groups is 1. The summed E-state index contributed by atoms with van der Waals surface area (Å²) < 4.78 is 5.34. The molecule has 0 N–H and O–H groups in total. The summed E-state index contributed by atoms with van der Waals surface area (Å²) in [5.74, 6) is 0.550. The predicted molar refractivity (Wildman–Crippen MR) is 83.9 cm³/mol. The van der Waals surface area contributed by atoms with Crippen molar-refractivity contribution in [3.63, 3.8) is 0 Å². The summed E-state index contributed by atoms with van der Waals surface area (Å²) in [6, 6.07) is 5.65. The Hall–Kier alpha value is -0.770. The van der Waals surface area contributed by atoms with Crippen molar-refractivity contribution in [2.75, 3.05) is 20.2 Å². The highest BCUT2D eigenvalue weighted by atomic mass is 35.5. The van der Waals surface area contributed by atoms with Gasteiger partial charge in [0.2, 0.25) is 5.91 Å². The van der Waals surface area contributed by atoms with Crippen LogP contribution in [0.4, 0.5) is 0 Å². The van der Waals surface area contributed by atoms with E-state index in [1.54, 1.807) is 13.2 Å². The van der Waals surface area contributed by atoms with Gasteiger partial charge in [0.15, 0.2) is 0 Å². The topological polar surface area (TPSA) is 29.5 Å². The molecule has 2 aliphatic rings. The van der Waals surface area contributed by atoms with E-state index >= 15 is 0 Å². The Labute approximate surface area is 135 Å². The Kier molecular flexibility index (Phi) is 4.43. The number of rotatable bonds is 3. The molecule has 0 radical (unpaired) electrons. The molecule has 0 unspecified atom stereocenters. The van der Waals surface area contributed by atoms with Crippen LogP contribution in [0.25, 0.3) is 0 Å². The molecule has 5 heteroatoms. The first kappa shape index (κ1) is 15.1. The van der Waals surface area contributed by atoms with Gasteiger partial charge in [-0.3, -0.25) is 4.79 Å². The Bertz CT molecular complexity index is 541. The summed E-state index contributed by atoms with van der Waals surface area (Å²) in [5, 5.41) is 1.16. The Morgan fingerprint density at radius 3 is 2.67 bits per heavy atom. The molecule has 3 rings (SSSR count). The highest BCUT2D eigenvalue weighted by Gasteiger charge is 2.47. The molecule has 1 aliphatic carbocycles. The maximum Gasteiger partial charge on any atom is 0.226 e. The lowest BCUT2D eigenvalue weighted by Crippen LogP contribution is -2.41. The number of benzene rings is 1. The van der Waals surface area contributed by atoms with E-state index in [9.17, 15) is 4.79 Å². The van der Waals surface area contributed by atoms with E-state index in [2.05, 4.69) is 0 Å². The molecular formula is C16H19Cl2NO2. The molecule has 2 fully saturated rings. The molecule has 1 saturated heterocycles. The van der Waals surface area contributed by atoms with E-state index in [4.69, 9.17) is 27.9 Å². The van der Waals surface area contributed by atoms with Crippen LogP contribution in [-0.4, -0.2) is 37.1 Å². The van der Waals surface area contributed by atoms with Crippen molar-refractivity contribution in [3.05, 3.63) is 33.8 Å². The molecule has 0 bridgehead atoms. The van der Waals surface area contributed by atoms with Crippen LogP contribution in [0.15, 0.2) is 18.2 Å². The van der Waals surface area contributed by atoms with Crippen molar-refractivity contribution in [2.24, 2.45) is 5.92 Å². The molecule has 1 aliphatic heterocycles. The highest BCUT2D eigenvalue weighted by molar-refractivity contribution is 6.42. The third kappa shape index (κ3) is 3.05. The minimum absolute atomic E-state index is 0.0695. The van der Waals surface area contributed by atoms with Crippen LogP contribution in [0, 0.1) is 5.92 Å². The normalized spacial score (nSPS) is 26.0. The van der Waals surface area contributed by atoms with E-state index < -0.39 is 0 Å². The quantitative estimate of drug-likeness (QED) is 0.846. The first-order valence-electron chi connectivity index (χ1n) is 7.37. The summed E-state index contributed by atoms with van der Waals surface area (Å²) in [7, 11) is 1.74. The van der Waals surface area contributed by atoms with Gasteiger partial charge < -0.3 is 9.64 Å². The van der Waals surface area contributed by atoms with Crippen LogP contribution in [0.2, 0.25) is 10.0 Å². The van der Waals surface area contributed by atoms with E-state index in [1.165, 1.54) is 0 Å². The maximum atomic E-state index is 12.5. The molecular weight excluding hydrogens is 309 g/mol. The molecule has 1 aromatic rings. The second-order valence-corrected chi connectivity index (χ2v) is 6.64. The molecule has 21 heavy (non-hydrogen) atoms. The van der Waals surface area contributed by atoms with Crippen LogP contribution in [0.5, 0.6) is 0 Å². The van der Waals surface area contributed by atoms with Crippen molar-refractivity contribution < 1.29 is 9.53 Å². The average molecular weight is 328 g/mol. The summed E-state index contributed by atoms with van der Waals surface area (Å²) in [6.45, 7) is 1.59. The van der Waals surface area contributed by atoms with Gasteiger partial charge in [0.1, 0.15) is 0 Å². The zero-order valence-corrected chi connectivity index (χ0v) is 13.5. The van der Waals surface area contributed by atoms with Gasteiger partial charge in [-0.05, 0) is 36.8 Å². The fraction of sp³-hybridized carbons (Fsp3) is 0.562. The molecule has 0 aromatic heterocycles. The smallest absolute Gasteiger partial charge is 0.226 e. The van der Waals surface area contributed by atoms with Crippen molar-refractivity contribution >= 4 is 29.1 Å². The average Bonchev–Trinajstić information content (AvgIpc) is 3.30. The van der Waals surface area contributed by atoms with Crippen molar-refractivity contribution in [3.8, 4) is 0 Å². The fourth-order valence-corrected chi connectivity index (χ4v) is 3.61. The third-order valence-corrected chi connectivity index (χ3v) is 5.41. The van der Waals surface area contributed by atoms with Gasteiger partial charge in [0.05, 0.1) is 16.1 Å². The Morgan fingerprint density at radius 1 is 1.29 bits per heavy atom. The van der Waals surface area contributed by atoms with Crippen LogP contribution >= 0.6 is 23.2 Å². The number of ether oxygens (including phenoxy) is 1. The summed E-state index contributed by atoms with van der Waals surface area (Å²) >= 11 is 12.3. The summed E-state index contributed by atoms with van der Waals surface area (Å²) in [4.78, 5) is 14.5. The Balaban J connectivity index is 1.63. The molecule has 2 atom stereocenters. The largest absolute Gasteiger partial charge is 0.381 e. The highest BCUT2D eigenvalue weighted by Crippen LogP contribution is 2.51. The van der Waals surface area contributed by atoms with Gasteiger partial charge >= 0.3 is 0 Å². The van der Waals surface area contributed by atoms with Crippen LogP contribution in [0.3, 0.4) is 0 Å². The SMILES string of the molecule is COC1CCN(C(=O)[C@@H]2C[C@@H]2c2cccc(Cl)c2Cl)CC1. The summed E-state index contributed by atoms with van der Waals surface area (Å²) in [6.07, 6.45) is 3.03. The minimum atomic E-state index is 0.0695. The predicted octanol–water partition coefficient (Wildman–Crippen LogP) is 3.73. The fourth-order valence-electron chi connectivity index (χ4n) is 3.16. The Morgan fingerprint density at radius 2 is 2.00 bits per heavy atom. The third-order valence-electron chi connectivity index (χ3n) is 4.58. The van der Waals surface area contributed by atoms with Gasteiger partial charge in [0.25, 0.3) is 0 Å². The molecule has 0 spiro atoms. The number of nitrogens with zero attached hydrogens (tertiary/aromatic N) is 1. The number of likely N-dealkylation sites (tertiary alicyclic amines) is 1. The van der Waals surface area contributed by atoms with E-state index in [0.29, 0.717) is 16.1 Å². The number of methoxy groups -OCH3 is 1. The van der Waals surface area contributed by atoms with E-state index in [0.717, 1.165) is 37.9 Å². The first-order chi connectivity index (χ1) is 10.1. The first-order valence-corrected chi connectivity index (χ1v) is 8.13. The number of hydrogen-bond donors (Lipinski definition) is 0. The lowest BCUT2D eigenvalue weighted by atomic mass is 10.1. The van der Waals surface area contributed by atoms with Gasteiger partial charge in [0, 0.05) is 26.1 Å². The van der Waals surface area contributed by atoms with Crippen LogP contribution in [0.1, 0.15) is 30.7 Å². The number of piperidine rings is 1. The van der Waals surface area contributed by atoms with Gasteiger partial charge in [-0.25, -0.2) is 0 Å². The zero-order valence-electron chi connectivity index (χ0n) is 12.0. The van der Waals surface area contributed by atoms with Crippen molar-refractivity contribution in [1.29, 1.82) is 0 Å². The second-order valence-electron chi connectivity index (χ2n) is 5.85. The lowest BCUT2D eigenvalue weighted by molar-refractivity contribution is -0.135. The maximum absolute atomic E-state index is 12.5. The molecule has 114 valence electrons. The van der Waals surface area contributed by atoms with Crippen LogP contribution in [-0.2, 0) is 9.53 Å². The molecule has 1 aromatic carbocycles. The standard InChI is InChI=1S/C16H19Cl2NO2/c1-21-10-5-7-19(8-6-10)16(20)13-9-12(13)11-3-2-4-14(17)15(11)18/h2-4,10,12-13H,5-9H2,1H3/t12-,13-/m1/s1. The zero-order chi connectivity index (χ0) is 15.0. The van der Waals surface area contributed by atoms with E-state index in [-0.39, 0.29) is 17.7 Å². The molecule has 1 amide bonds. The number of carbonyl (C=O) groups excluding carboxylic acids is 1. The number of halogens is 2. The van der Waals surface area contributed by atoms with Gasteiger partial charge in [-0.2, -0.15) is 0 Å². The molecule has 1 saturated carbocycles. The molecule has 3 nitrogen and oxygen atoms in total. The monoisotopic (exact) mass is 327 g/mol. The van der Waals surface area contributed by atoms with Crippen molar-refractivity contribution in [1.82, 2.24) is 4.90 Å². The number of hydrogen-bond acceptors (Lipinski definition) is 2. The minimum Gasteiger partial charge on any atom is -0.381 e. The van der Waals surface area contributed by atoms with Gasteiger partial charge in [-0.1, -0.05) is 35.3 Å². The molecule has 1 heterocycles. The van der Waals surface area contributed by atoms with Crippen molar-refractivity contribution in [2.45, 2.75) is 31.3 Å². The van der Waals surface area contributed by atoms with E-state index in [1.807, 2.05) is 17.0 Å². The van der Waals surface area contributed by atoms with Crippen LogP contribution < -0.4 is 0 Å². The summed E-state index contributed by atoms with van der Waals surface area (Å²) in [5.41, 5.74) is 1.01. The second kappa shape index (κ2) is 6.15. The van der Waals surface area contributed by atoms with Gasteiger partial charge in [-0.15, -0.1) is 0 Å². The number of amides is 1.